The van der Waals surface area contributed by atoms with Crippen LogP contribution in [0.4, 0.5) is 9.18 Å². The lowest BCUT2D eigenvalue weighted by Gasteiger charge is -2.24. The minimum atomic E-state index is -1.74. The van der Waals surface area contributed by atoms with Crippen LogP contribution in [-0.2, 0) is 25.5 Å². The first-order chi connectivity index (χ1) is 18.1. The molecule has 3 N–H and O–H groups in total. The van der Waals surface area contributed by atoms with Crippen molar-refractivity contribution >= 4 is 29.6 Å². The van der Waals surface area contributed by atoms with Gasteiger partial charge in [0.25, 0.3) is 0 Å². The number of aromatic amines is 1. The number of hydrazine groups is 1. The van der Waals surface area contributed by atoms with Crippen molar-refractivity contribution in [2.45, 2.75) is 32.6 Å². The molecule has 1 atom stereocenters. The van der Waals surface area contributed by atoms with Crippen molar-refractivity contribution in [1.82, 2.24) is 31.1 Å². The number of aliphatic hydroxyl groups is 1. The Morgan fingerprint density at radius 3 is 2.55 bits per heavy atom. The summed E-state index contributed by atoms with van der Waals surface area (Å²) in [4.78, 5) is 36.0. The van der Waals surface area contributed by atoms with Gasteiger partial charge in [0.1, 0.15) is 5.82 Å². The SMILES string of the molecule is CC(C)OC(=O)OCOC(=O)C(O)CN(Cc1ccc(-c2cc(Cl)ccc2F)cc1)NC(=O)c1nnn[nH]1. The number of tetrazole rings is 1. The third-order valence-corrected chi connectivity index (χ3v) is 5.00. The summed E-state index contributed by atoms with van der Waals surface area (Å²) in [5.41, 5.74) is 3.99. The lowest BCUT2D eigenvalue weighted by molar-refractivity contribution is -0.164. The second-order valence-electron chi connectivity index (χ2n) is 8.05. The van der Waals surface area contributed by atoms with Gasteiger partial charge in [-0.3, -0.25) is 10.2 Å². The van der Waals surface area contributed by atoms with E-state index < -0.39 is 49.4 Å². The molecule has 15 heteroatoms. The van der Waals surface area contributed by atoms with E-state index >= 15 is 0 Å². The van der Waals surface area contributed by atoms with Crippen molar-refractivity contribution in [3.05, 3.63) is 64.7 Å². The third-order valence-electron chi connectivity index (χ3n) is 4.76. The molecule has 1 heterocycles. The van der Waals surface area contributed by atoms with Crippen LogP contribution in [0.3, 0.4) is 0 Å². The average Bonchev–Trinajstić information content (AvgIpc) is 3.41. The zero-order valence-electron chi connectivity index (χ0n) is 20.3. The number of hydrogen-bond acceptors (Lipinski definition) is 11. The normalized spacial score (nSPS) is 11.8. The fraction of sp³-hybridized carbons (Fsp3) is 0.304. The summed E-state index contributed by atoms with van der Waals surface area (Å²) in [5, 5.41) is 24.4. The van der Waals surface area contributed by atoms with Crippen LogP contribution in [0.25, 0.3) is 11.1 Å². The zero-order chi connectivity index (χ0) is 27.7. The summed E-state index contributed by atoms with van der Waals surface area (Å²) in [7, 11) is 0. The first kappa shape index (κ1) is 28.4. The Morgan fingerprint density at radius 2 is 1.89 bits per heavy atom. The fourth-order valence-corrected chi connectivity index (χ4v) is 3.24. The number of amides is 1. The van der Waals surface area contributed by atoms with Gasteiger partial charge in [-0.15, -0.1) is 5.10 Å². The van der Waals surface area contributed by atoms with Gasteiger partial charge in [0.2, 0.25) is 12.6 Å². The summed E-state index contributed by atoms with van der Waals surface area (Å²) in [6, 6.07) is 10.9. The van der Waals surface area contributed by atoms with Gasteiger partial charge in [-0.25, -0.2) is 24.1 Å². The summed E-state index contributed by atoms with van der Waals surface area (Å²) < 4.78 is 28.3. The highest BCUT2D eigenvalue weighted by atomic mass is 35.5. The molecule has 0 radical (unpaired) electrons. The maximum absolute atomic E-state index is 14.2. The van der Waals surface area contributed by atoms with Gasteiger partial charge in [0.15, 0.2) is 6.10 Å². The van der Waals surface area contributed by atoms with Crippen LogP contribution in [0.1, 0.15) is 30.0 Å². The quantitative estimate of drug-likeness (QED) is 0.182. The second kappa shape index (κ2) is 13.4. The van der Waals surface area contributed by atoms with Crippen LogP contribution in [0, 0.1) is 5.82 Å². The van der Waals surface area contributed by atoms with E-state index in [-0.39, 0.29) is 12.4 Å². The van der Waals surface area contributed by atoms with Crippen molar-refractivity contribution in [2.75, 3.05) is 13.3 Å². The smallest absolute Gasteiger partial charge is 0.431 e. The molecule has 0 saturated carbocycles. The highest BCUT2D eigenvalue weighted by Gasteiger charge is 2.24. The Balaban J connectivity index is 1.66. The highest BCUT2D eigenvalue weighted by Crippen LogP contribution is 2.26. The summed E-state index contributed by atoms with van der Waals surface area (Å²) >= 11 is 5.98. The molecule has 2 aromatic carbocycles. The Bertz CT molecular complexity index is 1240. The number of nitrogens with zero attached hydrogens (tertiary/aromatic N) is 4. The number of halogens is 2. The Morgan fingerprint density at radius 1 is 1.16 bits per heavy atom. The van der Waals surface area contributed by atoms with Gasteiger partial charge in [-0.05, 0) is 53.6 Å². The van der Waals surface area contributed by atoms with Crippen LogP contribution < -0.4 is 5.43 Å². The average molecular weight is 551 g/mol. The first-order valence-corrected chi connectivity index (χ1v) is 11.5. The van der Waals surface area contributed by atoms with E-state index in [1.807, 2.05) is 0 Å². The van der Waals surface area contributed by atoms with Crippen LogP contribution in [-0.4, -0.2) is 74.3 Å². The molecule has 3 aromatic rings. The van der Waals surface area contributed by atoms with Crippen LogP contribution >= 0.6 is 11.6 Å². The van der Waals surface area contributed by atoms with Gasteiger partial charge in [-0.1, -0.05) is 35.9 Å². The van der Waals surface area contributed by atoms with Crippen molar-refractivity contribution in [1.29, 1.82) is 0 Å². The molecular weight excluding hydrogens is 527 g/mol. The van der Waals surface area contributed by atoms with E-state index in [4.69, 9.17) is 21.1 Å². The number of carbonyl (C=O) groups is 3. The number of ether oxygens (including phenoxy) is 3. The van der Waals surface area contributed by atoms with Gasteiger partial charge < -0.3 is 19.3 Å². The van der Waals surface area contributed by atoms with Crippen LogP contribution in [0.5, 0.6) is 0 Å². The lowest BCUT2D eigenvalue weighted by Crippen LogP contribution is -2.48. The number of nitrogens with one attached hydrogen (secondary N) is 2. The van der Waals surface area contributed by atoms with Crippen LogP contribution in [0.2, 0.25) is 5.02 Å². The summed E-state index contributed by atoms with van der Waals surface area (Å²) in [5.74, 6) is -2.52. The summed E-state index contributed by atoms with van der Waals surface area (Å²) in [6.45, 7) is 2.02. The molecule has 0 fully saturated rings. The third kappa shape index (κ3) is 8.47. The van der Waals surface area contributed by atoms with E-state index in [9.17, 15) is 23.9 Å². The monoisotopic (exact) mass is 550 g/mol. The number of H-pyrrole nitrogens is 1. The van der Waals surface area contributed by atoms with Gasteiger partial charge >= 0.3 is 18.0 Å². The zero-order valence-corrected chi connectivity index (χ0v) is 21.0. The Hall–Kier alpha value is -4.14. The lowest BCUT2D eigenvalue weighted by atomic mass is 10.0. The molecular formula is C23H24ClFN6O7. The maximum atomic E-state index is 14.2. The van der Waals surface area contributed by atoms with Gasteiger partial charge in [0, 0.05) is 17.1 Å². The molecule has 1 unspecified atom stereocenters. The number of rotatable bonds is 11. The van der Waals surface area contributed by atoms with Crippen molar-refractivity contribution < 1.29 is 38.1 Å². The molecule has 0 bridgehead atoms. The molecule has 0 aliphatic rings. The number of carbonyl (C=O) groups excluding carboxylic acids is 3. The summed E-state index contributed by atoms with van der Waals surface area (Å²) in [6.07, 6.45) is -3.22. The topological polar surface area (TPSA) is 169 Å². The Kier molecular flexibility index (Phi) is 10.0. The van der Waals surface area contributed by atoms with E-state index in [1.165, 1.54) is 23.2 Å². The maximum Gasteiger partial charge on any atom is 0.511 e. The highest BCUT2D eigenvalue weighted by molar-refractivity contribution is 6.30. The minimum absolute atomic E-state index is 0.00711. The van der Waals surface area contributed by atoms with E-state index in [1.54, 1.807) is 38.1 Å². The second-order valence-corrected chi connectivity index (χ2v) is 8.49. The van der Waals surface area contributed by atoms with Gasteiger partial charge in [-0.2, -0.15) is 0 Å². The molecule has 1 aromatic heterocycles. The standard InChI is InChI=1S/C23H24ClFN6O7/c1-13(2)38-23(35)37-12-36-22(34)19(32)11-31(28-21(33)20-26-29-30-27-20)10-14-3-5-15(6-4-14)17-9-16(24)7-8-18(17)25/h3-9,13,19,32H,10-12H2,1-2H3,(H,28,33)(H,26,27,29,30). The van der Waals surface area contributed by atoms with Crippen LogP contribution in [0.15, 0.2) is 42.5 Å². The molecule has 0 saturated heterocycles. The molecule has 0 aliphatic carbocycles. The molecule has 0 spiro atoms. The van der Waals surface area contributed by atoms with Gasteiger partial charge in [0.05, 0.1) is 12.6 Å². The Labute approximate surface area is 220 Å². The first-order valence-electron chi connectivity index (χ1n) is 11.1. The predicted octanol–water partition coefficient (Wildman–Crippen LogP) is 2.23. The van der Waals surface area contributed by atoms with E-state index in [0.29, 0.717) is 21.7 Å². The predicted molar refractivity (Wildman–Crippen MR) is 129 cm³/mol. The minimum Gasteiger partial charge on any atom is -0.431 e. The number of benzene rings is 2. The molecule has 3 rings (SSSR count). The van der Waals surface area contributed by atoms with Crippen molar-refractivity contribution in [3.8, 4) is 11.1 Å². The number of aromatic nitrogens is 4. The largest absolute Gasteiger partial charge is 0.511 e. The van der Waals surface area contributed by atoms with E-state index in [0.717, 1.165) is 0 Å². The van der Waals surface area contributed by atoms with E-state index in [2.05, 4.69) is 30.8 Å². The molecule has 0 aliphatic heterocycles. The van der Waals surface area contributed by atoms with Crippen molar-refractivity contribution in [2.24, 2.45) is 0 Å². The van der Waals surface area contributed by atoms with Crippen molar-refractivity contribution in [3.63, 3.8) is 0 Å². The molecule has 1 amide bonds. The number of aliphatic hydroxyl groups excluding tert-OH is 1. The number of esters is 1. The fourth-order valence-electron chi connectivity index (χ4n) is 3.07. The molecule has 202 valence electrons. The molecule has 13 nitrogen and oxygen atoms in total. The number of hydrogen-bond donors (Lipinski definition) is 3. The molecule has 38 heavy (non-hydrogen) atoms.